The highest BCUT2D eigenvalue weighted by atomic mass is 16.2. The van der Waals surface area contributed by atoms with Crippen molar-refractivity contribution >= 4 is 5.91 Å². The Hall–Kier alpha value is -2.43. The molecule has 122 valence electrons. The standard InChI is InChI=1S/C18H23N3O2/c1-12(2)11-14-5-7-15(8-6-14)13(3)19-18(23)16-9-10-17(22)21(4)20-16/h5-10,12-13H,11H2,1-4H3,(H,19,23). The van der Waals surface area contributed by atoms with Crippen molar-refractivity contribution in [2.24, 2.45) is 13.0 Å². The molecule has 0 aliphatic heterocycles. The first-order valence-electron chi connectivity index (χ1n) is 7.81. The first kappa shape index (κ1) is 16.9. The zero-order chi connectivity index (χ0) is 17.0. The van der Waals surface area contributed by atoms with E-state index in [2.05, 4.69) is 36.4 Å². The first-order chi connectivity index (χ1) is 10.9. The van der Waals surface area contributed by atoms with E-state index in [-0.39, 0.29) is 23.2 Å². The summed E-state index contributed by atoms with van der Waals surface area (Å²) in [5.74, 6) is 0.327. The largest absolute Gasteiger partial charge is 0.344 e. The summed E-state index contributed by atoms with van der Waals surface area (Å²) in [6.07, 6.45) is 1.04. The number of nitrogens with one attached hydrogen (secondary N) is 1. The smallest absolute Gasteiger partial charge is 0.272 e. The van der Waals surface area contributed by atoms with Gasteiger partial charge in [-0.1, -0.05) is 38.1 Å². The van der Waals surface area contributed by atoms with Crippen LogP contribution in [-0.2, 0) is 13.5 Å². The Kier molecular flexibility index (Phi) is 5.32. The molecule has 1 N–H and O–H groups in total. The highest BCUT2D eigenvalue weighted by Gasteiger charge is 2.13. The lowest BCUT2D eigenvalue weighted by Gasteiger charge is -2.15. The topological polar surface area (TPSA) is 64.0 Å². The number of rotatable bonds is 5. The van der Waals surface area contributed by atoms with Gasteiger partial charge in [0.1, 0.15) is 5.69 Å². The van der Waals surface area contributed by atoms with Crippen LogP contribution in [0.4, 0.5) is 0 Å². The monoisotopic (exact) mass is 313 g/mol. The molecule has 0 bridgehead atoms. The van der Waals surface area contributed by atoms with Crippen molar-refractivity contribution in [2.45, 2.75) is 33.2 Å². The molecule has 2 rings (SSSR count). The van der Waals surface area contributed by atoms with E-state index in [0.717, 1.165) is 16.7 Å². The van der Waals surface area contributed by atoms with Gasteiger partial charge < -0.3 is 5.32 Å². The molecule has 5 heteroatoms. The van der Waals surface area contributed by atoms with Crippen LogP contribution in [0.3, 0.4) is 0 Å². The van der Waals surface area contributed by atoms with Crippen LogP contribution in [0.15, 0.2) is 41.2 Å². The number of hydrogen-bond acceptors (Lipinski definition) is 3. The third-order valence-corrected chi connectivity index (χ3v) is 3.66. The molecule has 0 aliphatic carbocycles. The highest BCUT2D eigenvalue weighted by molar-refractivity contribution is 5.92. The number of aromatic nitrogens is 2. The summed E-state index contributed by atoms with van der Waals surface area (Å²) in [5.41, 5.74) is 2.32. The second-order valence-corrected chi connectivity index (χ2v) is 6.22. The van der Waals surface area contributed by atoms with Gasteiger partial charge in [0.15, 0.2) is 0 Å². The fourth-order valence-corrected chi connectivity index (χ4v) is 2.39. The summed E-state index contributed by atoms with van der Waals surface area (Å²) in [5, 5.41) is 6.86. The van der Waals surface area contributed by atoms with Crippen molar-refractivity contribution in [3.05, 3.63) is 63.6 Å². The van der Waals surface area contributed by atoms with Crippen LogP contribution in [0.2, 0.25) is 0 Å². The maximum Gasteiger partial charge on any atom is 0.272 e. The van der Waals surface area contributed by atoms with Crippen LogP contribution in [0.25, 0.3) is 0 Å². The average Bonchev–Trinajstić information content (AvgIpc) is 2.50. The van der Waals surface area contributed by atoms with E-state index < -0.39 is 0 Å². The minimum atomic E-state index is -0.292. The van der Waals surface area contributed by atoms with E-state index in [9.17, 15) is 9.59 Å². The molecule has 0 spiro atoms. The molecule has 1 aromatic carbocycles. The van der Waals surface area contributed by atoms with Gasteiger partial charge in [-0.05, 0) is 36.5 Å². The van der Waals surface area contributed by atoms with E-state index >= 15 is 0 Å². The number of amides is 1. The quantitative estimate of drug-likeness (QED) is 0.922. The van der Waals surface area contributed by atoms with Crippen molar-refractivity contribution < 1.29 is 4.79 Å². The minimum absolute atomic E-state index is 0.130. The number of benzene rings is 1. The zero-order valence-corrected chi connectivity index (χ0v) is 14.0. The molecule has 0 fully saturated rings. The second-order valence-electron chi connectivity index (χ2n) is 6.22. The summed E-state index contributed by atoms with van der Waals surface area (Å²) in [7, 11) is 1.52. The third kappa shape index (κ3) is 4.52. The van der Waals surface area contributed by atoms with Gasteiger partial charge in [0.2, 0.25) is 0 Å². The molecule has 0 radical (unpaired) electrons. The molecular weight excluding hydrogens is 290 g/mol. The molecule has 1 aromatic heterocycles. The van der Waals surface area contributed by atoms with E-state index in [4.69, 9.17) is 0 Å². The Morgan fingerprint density at radius 1 is 1.13 bits per heavy atom. The molecule has 0 saturated carbocycles. The van der Waals surface area contributed by atoms with Gasteiger partial charge in [-0.25, -0.2) is 4.68 Å². The van der Waals surface area contributed by atoms with Crippen LogP contribution >= 0.6 is 0 Å². The van der Waals surface area contributed by atoms with Crippen molar-refractivity contribution in [1.29, 1.82) is 0 Å². The Balaban J connectivity index is 2.05. The van der Waals surface area contributed by atoms with Crippen LogP contribution in [0.1, 0.15) is 48.4 Å². The lowest BCUT2D eigenvalue weighted by Crippen LogP contribution is -2.30. The van der Waals surface area contributed by atoms with Crippen molar-refractivity contribution in [3.63, 3.8) is 0 Å². The second kappa shape index (κ2) is 7.22. The van der Waals surface area contributed by atoms with Crippen molar-refractivity contribution in [1.82, 2.24) is 15.1 Å². The zero-order valence-electron chi connectivity index (χ0n) is 14.0. The number of aryl methyl sites for hydroxylation is 1. The summed E-state index contributed by atoms with van der Waals surface area (Å²) in [6.45, 7) is 6.31. The molecule has 0 saturated heterocycles. The van der Waals surface area contributed by atoms with Crippen LogP contribution in [0, 0.1) is 5.92 Å². The lowest BCUT2D eigenvalue weighted by molar-refractivity contribution is 0.0932. The molecule has 0 aliphatic rings. The molecule has 1 atom stereocenters. The number of carbonyl (C=O) groups excluding carboxylic acids is 1. The predicted molar refractivity (Wildman–Crippen MR) is 90.3 cm³/mol. The van der Waals surface area contributed by atoms with Crippen molar-refractivity contribution in [3.8, 4) is 0 Å². The Labute approximate surface area is 136 Å². The predicted octanol–water partition coefficient (Wildman–Crippen LogP) is 2.47. The first-order valence-corrected chi connectivity index (χ1v) is 7.81. The van der Waals surface area contributed by atoms with E-state index in [1.807, 2.05) is 19.1 Å². The van der Waals surface area contributed by atoms with E-state index in [0.29, 0.717) is 5.92 Å². The van der Waals surface area contributed by atoms with Crippen LogP contribution in [0.5, 0.6) is 0 Å². The molecule has 5 nitrogen and oxygen atoms in total. The number of carbonyl (C=O) groups is 1. The maximum atomic E-state index is 12.2. The highest BCUT2D eigenvalue weighted by Crippen LogP contribution is 2.16. The summed E-state index contributed by atoms with van der Waals surface area (Å²) in [4.78, 5) is 23.5. The van der Waals surface area contributed by atoms with Crippen LogP contribution in [-0.4, -0.2) is 15.7 Å². The van der Waals surface area contributed by atoms with Gasteiger partial charge >= 0.3 is 0 Å². The van der Waals surface area contributed by atoms with Gasteiger partial charge in [-0.3, -0.25) is 9.59 Å². The van der Waals surface area contributed by atoms with Gasteiger partial charge in [-0.2, -0.15) is 5.10 Å². The van der Waals surface area contributed by atoms with Gasteiger partial charge in [0.25, 0.3) is 11.5 Å². The van der Waals surface area contributed by atoms with Gasteiger partial charge in [0.05, 0.1) is 6.04 Å². The summed E-state index contributed by atoms with van der Waals surface area (Å²) >= 11 is 0. The fourth-order valence-electron chi connectivity index (χ4n) is 2.39. The molecule has 1 unspecified atom stereocenters. The summed E-state index contributed by atoms with van der Waals surface area (Å²) < 4.78 is 1.15. The third-order valence-electron chi connectivity index (χ3n) is 3.66. The fraction of sp³-hybridized carbons (Fsp3) is 0.389. The lowest BCUT2D eigenvalue weighted by atomic mass is 10.00. The molecule has 23 heavy (non-hydrogen) atoms. The van der Waals surface area contributed by atoms with E-state index in [1.54, 1.807) is 0 Å². The molecular formula is C18H23N3O2. The van der Waals surface area contributed by atoms with E-state index in [1.165, 1.54) is 24.7 Å². The molecule has 2 aromatic rings. The molecule has 1 heterocycles. The molecule has 1 amide bonds. The number of nitrogens with zero attached hydrogens (tertiary/aromatic N) is 2. The van der Waals surface area contributed by atoms with Crippen molar-refractivity contribution in [2.75, 3.05) is 0 Å². The Morgan fingerprint density at radius 3 is 2.35 bits per heavy atom. The Morgan fingerprint density at radius 2 is 1.78 bits per heavy atom. The Bertz CT molecular complexity index is 733. The SMILES string of the molecule is CC(C)Cc1ccc(C(C)NC(=O)c2ccc(=O)n(C)n2)cc1. The normalized spacial score (nSPS) is 12.2. The van der Waals surface area contributed by atoms with Gasteiger partial charge in [0, 0.05) is 13.1 Å². The van der Waals surface area contributed by atoms with Gasteiger partial charge in [-0.15, -0.1) is 0 Å². The minimum Gasteiger partial charge on any atom is -0.344 e. The van der Waals surface area contributed by atoms with Crippen LogP contribution < -0.4 is 10.9 Å². The maximum absolute atomic E-state index is 12.2. The summed E-state index contributed by atoms with van der Waals surface area (Å²) in [6, 6.07) is 10.9. The number of hydrogen-bond donors (Lipinski definition) is 1. The average molecular weight is 313 g/mol.